The average molecular weight is 319 g/mol. The Kier molecular flexibility index (Phi) is 3.78. The number of aromatic nitrogens is 1. The predicted octanol–water partition coefficient (Wildman–Crippen LogP) is 3.33. The van der Waals surface area contributed by atoms with Gasteiger partial charge in [0.25, 0.3) is 0 Å². The molecule has 1 aromatic carbocycles. The molecule has 2 aromatic rings. The van der Waals surface area contributed by atoms with Gasteiger partial charge in [0, 0.05) is 10.8 Å². The maximum Gasteiger partial charge on any atom is 0.355 e. The van der Waals surface area contributed by atoms with Crippen LogP contribution in [0.15, 0.2) is 23.6 Å². The van der Waals surface area contributed by atoms with E-state index < -0.39 is 5.97 Å². The minimum absolute atomic E-state index is 0.117. The van der Waals surface area contributed by atoms with Crippen molar-refractivity contribution in [3.8, 4) is 11.5 Å². The molecule has 1 N–H and O–H groups in total. The van der Waals surface area contributed by atoms with Gasteiger partial charge in [-0.15, -0.1) is 11.3 Å². The van der Waals surface area contributed by atoms with Crippen molar-refractivity contribution >= 4 is 17.3 Å². The summed E-state index contributed by atoms with van der Waals surface area (Å²) in [4.78, 5) is 15.4. The lowest BCUT2D eigenvalue weighted by Gasteiger charge is -2.41. The zero-order valence-electron chi connectivity index (χ0n) is 12.5. The molecule has 0 radical (unpaired) electrons. The summed E-state index contributed by atoms with van der Waals surface area (Å²) in [6.07, 6.45) is 3.04. The van der Waals surface area contributed by atoms with Gasteiger partial charge in [0.05, 0.1) is 14.2 Å². The Morgan fingerprint density at radius 1 is 1.27 bits per heavy atom. The fourth-order valence-electron chi connectivity index (χ4n) is 2.88. The highest BCUT2D eigenvalue weighted by molar-refractivity contribution is 7.10. The van der Waals surface area contributed by atoms with Gasteiger partial charge in [-0.2, -0.15) is 0 Å². The van der Waals surface area contributed by atoms with Crippen LogP contribution in [0.25, 0.3) is 0 Å². The number of thiazole rings is 1. The smallest absolute Gasteiger partial charge is 0.355 e. The molecule has 22 heavy (non-hydrogen) atoms. The SMILES string of the molecule is COc1ccc(C2(c3nc(C(=O)O)cs3)CCC2)cc1OC. The van der Waals surface area contributed by atoms with E-state index in [1.807, 2.05) is 18.2 Å². The van der Waals surface area contributed by atoms with Crippen molar-refractivity contribution in [3.05, 3.63) is 39.8 Å². The highest BCUT2D eigenvalue weighted by atomic mass is 32.1. The maximum atomic E-state index is 11.1. The van der Waals surface area contributed by atoms with Gasteiger partial charge in [-0.05, 0) is 30.5 Å². The molecule has 1 aliphatic rings. The second-order valence-corrected chi connectivity index (χ2v) is 6.21. The molecular formula is C16H17NO4S. The summed E-state index contributed by atoms with van der Waals surface area (Å²) in [6.45, 7) is 0. The van der Waals surface area contributed by atoms with Gasteiger partial charge in [-0.25, -0.2) is 9.78 Å². The van der Waals surface area contributed by atoms with E-state index >= 15 is 0 Å². The summed E-state index contributed by atoms with van der Waals surface area (Å²) in [7, 11) is 3.22. The number of rotatable bonds is 5. The summed E-state index contributed by atoms with van der Waals surface area (Å²) in [6, 6.07) is 5.88. The number of hydrogen-bond donors (Lipinski definition) is 1. The van der Waals surface area contributed by atoms with Crippen LogP contribution in [0.3, 0.4) is 0 Å². The van der Waals surface area contributed by atoms with Crippen LogP contribution < -0.4 is 9.47 Å². The molecule has 116 valence electrons. The van der Waals surface area contributed by atoms with E-state index in [0.29, 0.717) is 11.5 Å². The number of aromatic carboxylic acids is 1. The van der Waals surface area contributed by atoms with E-state index in [1.165, 1.54) is 11.3 Å². The summed E-state index contributed by atoms with van der Waals surface area (Å²) >= 11 is 1.41. The van der Waals surface area contributed by atoms with E-state index in [4.69, 9.17) is 14.6 Å². The Balaban J connectivity index is 2.04. The summed E-state index contributed by atoms with van der Waals surface area (Å²) in [5.41, 5.74) is 1.02. The normalized spacial score (nSPS) is 15.9. The molecule has 0 atom stereocenters. The van der Waals surface area contributed by atoms with Crippen LogP contribution in [0.1, 0.15) is 40.3 Å². The molecule has 1 heterocycles. The third-order valence-corrected chi connectivity index (χ3v) is 5.32. The van der Waals surface area contributed by atoms with Crippen molar-refractivity contribution in [1.82, 2.24) is 4.98 Å². The first-order valence-electron chi connectivity index (χ1n) is 7.02. The topological polar surface area (TPSA) is 68.7 Å². The second-order valence-electron chi connectivity index (χ2n) is 5.35. The van der Waals surface area contributed by atoms with E-state index in [2.05, 4.69) is 4.98 Å². The fraction of sp³-hybridized carbons (Fsp3) is 0.375. The minimum Gasteiger partial charge on any atom is -0.493 e. The third kappa shape index (κ3) is 2.23. The maximum absolute atomic E-state index is 11.1. The van der Waals surface area contributed by atoms with Crippen LogP contribution in [0.4, 0.5) is 0 Å². The number of methoxy groups -OCH3 is 2. The highest BCUT2D eigenvalue weighted by Crippen LogP contribution is 2.51. The number of hydrogen-bond acceptors (Lipinski definition) is 5. The van der Waals surface area contributed by atoms with E-state index in [9.17, 15) is 4.79 Å². The monoisotopic (exact) mass is 319 g/mol. The molecule has 1 aromatic heterocycles. The van der Waals surface area contributed by atoms with Gasteiger partial charge < -0.3 is 14.6 Å². The molecule has 0 unspecified atom stereocenters. The first-order chi connectivity index (χ1) is 10.6. The number of carbonyl (C=O) groups is 1. The zero-order valence-corrected chi connectivity index (χ0v) is 13.3. The molecule has 0 spiro atoms. The van der Waals surface area contributed by atoms with Gasteiger partial charge in [0.2, 0.25) is 0 Å². The summed E-state index contributed by atoms with van der Waals surface area (Å²) < 4.78 is 10.7. The highest BCUT2D eigenvalue weighted by Gasteiger charge is 2.43. The quantitative estimate of drug-likeness (QED) is 0.915. The molecule has 6 heteroatoms. The van der Waals surface area contributed by atoms with Crippen LogP contribution in [0, 0.1) is 0 Å². The standard InChI is InChI=1S/C16H17NO4S/c1-20-12-5-4-10(8-13(12)21-2)16(6-3-7-16)15-17-11(9-22-15)14(18)19/h4-5,8-9H,3,6-7H2,1-2H3,(H,18,19). The molecule has 0 saturated heterocycles. The van der Waals surface area contributed by atoms with E-state index in [1.54, 1.807) is 19.6 Å². The minimum atomic E-state index is -0.982. The van der Waals surface area contributed by atoms with Crippen LogP contribution in [0.2, 0.25) is 0 Å². The molecule has 5 nitrogen and oxygen atoms in total. The average Bonchev–Trinajstić information content (AvgIpc) is 2.96. The van der Waals surface area contributed by atoms with Crippen LogP contribution in [0.5, 0.6) is 11.5 Å². The molecule has 1 fully saturated rings. The Bertz CT molecular complexity index is 706. The lowest BCUT2D eigenvalue weighted by atomic mass is 9.65. The number of carboxylic acids is 1. The van der Waals surface area contributed by atoms with Gasteiger partial charge in [-0.1, -0.05) is 12.5 Å². The van der Waals surface area contributed by atoms with Crippen LogP contribution in [-0.2, 0) is 5.41 Å². The van der Waals surface area contributed by atoms with Crippen LogP contribution in [-0.4, -0.2) is 30.3 Å². The van der Waals surface area contributed by atoms with Crippen molar-refractivity contribution in [2.45, 2.75) is 24.7 Å². The first-order valence-corrected chi connectivity index (χ1v) is 7.90. The third-order valence-electron chi connectivity index (χ3n) is 4.28. The number of nitrogens with zero attached hydrogens (tertiary/aromatic N) is 1. The fourth-order valence-corrected chi connectivity index (χ4v) is 3.96. The Morgan fingerprint density at radius 2 is 2.00 bits per heavy atom. The Labute approximate surface area is 132 Å². The Hall–Kier alpha value is -2.08. The molecule has 0 bridgehead atoms. The number of benzene rings is 1. The van der Waals surface area contributed by atoms with E-state index in [-0.39, 0.29) is 11.1 Å². The molecule has 1 saturated carbocycles. The summed E-state index contributed by atoms with van der Waals surface area (Å²) in [5.74, 6) is 0.386. The van der Waals surface area contributed by atoms with Gasteiger partial charge in [0.15, 0.2) is 17.2 Å². The van der Waals surface area contributed by atoms with Gasteiger partial charge in [-0.3, -0.25) is 0 Å². The van der Waals surface area contributed by atoms with Crippen molar-refractivity contribution in [2.24, 2.45) is 0 Å². The summed E-state index contributed by atoms with van der Waals surface area (Å²) in [5, 5.41) is 11.6. The van der Waals surface area contributed by atoms with Gasteiger partial charge >= 0.3 is 5.97 Å². The second kappa shape index (κ2) is 5.61. The number of carboxylic acid groups (broad SMARTS) is 1. The molecule has 0 aliphatic heterocycles. The van der Waals surface area contributed by atoms with E-state index in [0.717, 1.165) is 29.8 Å². The lowest BCUT2D eigenvalue weighted by Crippen LogP contribution is -2.35. The molecular weight excluding hydrogens is 302 g/mol. The molecule has 0 amide bonds. The molecule has 3 rings (SSSR count). The van der Waals surface area contributed by atoms with Crippen molar-refractivity contribution in [2.75, 3.05) is 14.2 Å². The first kappa shape index (κ1) is 14.8. The zero-order chi connectivity index (χ0) is 15.7. The Morgan fingerprint density at radius 3 is 2.50 bits per heavy atom. The lowest BCUT2D eigenvalue weighted by molar-refractivity contribution is 0.0690. The van der Waals surface area contributed by atoms with Crippen molar-refractivity contribution < 1.29 is 19.4 Å². The number of ether oxygens (including phenoxy) is 2. The van der Waals surface area contributed by atoms with Crippen molar-refractivity contribution in [3.63, 3.8) is 0 Å². The van der Waals surface area contributed by atoms with Gasteiger partial charge in [0.1, 0.15) is 5.01 Å². The molecule has 1 aliphatic carbocycles. The van der Waals surface area contributed by atoms with Crippen LogP contribution >= 0.6 is 11.3 Å². The van der Waals surface area contributed by atoms with Crippen molar-refractivity contribution in [1.29, 1.82) is 0 Å². The predicted molar refractivity (Wildman–Crippen MR) is 83.3 cm³/mol. The largest absolute Gasteiger partial charge is 0.493 e.